The molecule has 0 fully saturated rings. The van der Waals surface area contributed by atoms with Crippen molar-refractivity contribution in [2.45, 2.75) is 11.3 Å². The molecule has 0 aliphatic heterocycles. The lowest BCUT2D eigenvalue weighted by Crippen LogP contribution is -2.18. The van der Waals surface area contributed by atoms with Crippen molar-refractivity contribution in [2.24, 2.45) is 0 Å². The summed E-state index contributed by atoms with van der Waals surface area (Å²) in [6, 6.07) is 5.00. The summed E-state index contributed by atoms with van der Waals surface area (Å²) in [6.07, 6.45) is -4.64. The van der Waals surface area contributed by atoms with E-state index < -0.39 is 13.0 Å². The quantitative estimate of drug-likeness (QED) is 0.494. The van der Waals surface area contributed by atoms with Crippen molar-refractivity contribution in [1.82, 2.24) is 0 Å². The number of methoxy groups -OCH3 is 1. The van der Waals surface area contributed by atoms with E-state index in [0.29, 0.717) is 11.5 Å². The molecule has 0 aliphatic rings. The third-order valence-corrected chi connectivity index (χ3v) is 2.94. The van der Waals surface area contributed by atoms with Gasteiger partial charge >= 0.3 is 6.36 Å². The zero-order valence-electron chi connectivity index (χ0n) is 9.36. The Bertz CT molecular complexity index is 385. The van der Waals surface area contributed by atoms with E-state index in [2.05, 4.69) is 16.4 Å². The van der Waals surface area contributed by atoms with Gasteiger partial charge < -0.3 is 9.47 Å². The van der Waals surface area contributed by atoms with Gasteiger partial charge in [0.1, 0.15) is 6.61 Å². The van der Waals surface area contributed by atoms with Crippen LogP contribution < -0.4 is 9.47 Å². The minimum absolute atomic E-state index is 0.219. The van der Waals surface area contributed by atoms with Crippen LogP contribution in [-0.2, 0) is 4.74 Å². The summed E-state index contributed by atoms with van der Waals surface area (Å²) in [6.45, 7) is -0.793. The zero-order valence-corrected chi connectivity index (χ0v) is 11.1. The Labute approximate surface area is 111 Å². The van der Waals surface area contributed by atoms with Gasteiger partial charge in [-0.3, -0.25) is 4.74 Å². The van der Waals surface area contributed by atoms with E-state index >= 15 is 0 Å². The molecule has 0 N–H and O–H groups in total. The SMILES string of the molecule is COc1cc(SS)ccc1OCCOC(F)(F)F. The highest BCUT2D eigenvalue weighted by atomic mass is 33.1. The first-order valence-corrected chi connectivity index (χ1v) is 6.66. The summed E-state index contributed by atoms with van der Waals surface area (Å²) in [7, 11) is 2.67. The van der Waals surface area contributed by atoms with Gasteiger partial charge in [0, 0.05) is 4.90 Å². The Morgan fingerprint density at radius 3 is 2.50 bits per heavy atom. The molecule has 1 aromatic rings. The Kier molecular flexibility index (Phi) is 5.97. The average molecular weight is 300 g/mol. The zero-order chi connectivity index (χ0) is 13.6. The van der Waals surface area contributed by atoms with Crippen molar-refractivity contribution < 1.29 is 27.4 Å². The maximum Gasteiger partial charge on any atom is 0.522 e. The highest BCUT2D eigenvalue weighted by molar-refractivity contribution is 8.68. The van der Waals surface area contributed by atoms with Gasteiger partial charge in [0.25, 0.3) is 0 Å². The fourth-order valence-electron chi connectivity index (χ4n) is 1.13. The van der Waals surface area contributed by atoms with E-state index in [9.17, 15) is 13.2 Å². The Hall–Kier alpha value is -0.730. The minimum atomic E-state index is -4.64. The Morgan fingerprint density at radius 1 is 1.22 bits per heavy atom. The van der Waals surface area contributed by atoms with Crippen LogP contribution in [0, 0.1) is 0 Å². The number of hydrogen-bond donors (Lipinski definition) is 1. The second-order valence-corrected chi connectivity index (χ2v) is 4.25. The van der Waals surface area contributed by atoms with E-state index in [1.165, 1.54) is 17.9 Å². The second kappa shape index (κ2) is 7.01. The van der Waals surface area contributed by atoms with Gasteiger partial charge in [-0.05, 0) is 18.2 Å². The summed E-state index contributed by atoms with van der Waals surface area (Å²) >= 11 is 4.02. The van der Waals surface area contributed by atoms with E-state index in [1.54, 1.807) is 18.2 Å². The summed E-state index contributed by atoms with van der Waals surface area (Å²) in [5.41, 5.74) is 0. The van der Waals surface area contributed by atoms with Gasteiger partial charge in [0.2, 0.25) is 0 Å². The first-order chi connectivity index (χ1) is 8.46. The third kappa shape index (κ3) is 5.28. The van der Waals surface area contributed by atoms with Crippen LogP contribution in [0.2, 0.25) is 0 Å². The molecule has 0 unspecified atom stereocenters. The molecule has 0 radical (unpaired) electrons. The van der Waals surface area contributed by atoms with Gasteiger partial charge in [0.15, 0.2) is 11.5 Å². The molecule has 0 heterocycles. The highest BCUT2D eigenvalue weighted by Gasteiger charge is 2.28. The van der Waals surface area contributed by atoms with Crippen molar-refractivity contribution in [3.63, 3.8) is 0 Å². The maximum absolute atomic E-state index is 11.7. The number of halogens is 3. The number of hydrogen-bond acceptors (Lipinski definition) is 5. The van der Waals surface area contributed by atoms with Crippen LogP contribution >= 0.6 is 22.5 Å². The second-order valence-electron chi connectivity index (χ2n) is 3.05. The first-order valence-electron chi connectivity index (χ1n) is 4.79. The molecule has 1 rings (SSSR count). The smallest absolute Gasteiger partial charge is 0.493 e. The lowest BCUT2D eigenvalue weighted by Gasteiger charge is -2.12. The molecule has 0 aromatic heterocycles. The number of thiol groups is 1. The standard InChI is InChI=1S/C10H11F3O3S2/c1-14-9-6-7(18-17)2-3-8(9)15-4-5-16-10(11,12)13/h2-3,6,17H,4-5H2,1H3. The Balaban J connectivity index is 2.51. The third-order valence-electron chi connectivity index (χ3n) is 1.85. The van der Waals surface area contributed by atoms with E-state index in [4.69, 9.17) is 9.47 Å². The van der Waals surface area contributed by atoms with Crippen molar-refractivity contribution in [2.75, 3.05) is 20.3 Å². The number of rotatable bonds is 6. The van der Waals surface area contributed by atoms with Gasteiger partial charge in [-0.2, -0.15) is 0 Å². The molecule has 18 heavy (non-hydrogen) atoms. The van der Waals surface area contributed by atoms with Crippen LogP contribution in [0.5, 0.6) is 11.5 Å². The van der Waals surface area contributed by atoms with Gasteiger partial charge in [0.05, 0.1) is 13.7 Å². The van der Waals surface area contributed by atoms with Crippen LogP contribution in [0.1, 0.15) is 0 Å². The predicted molar refractivity (Wildman–Crippen MR) is 65.3 cm³/mol. The van der Waals surface area contributed by atoms with Gasteiger partial charge in [-0.15, -0.1) is 24.8 Å². The predicted octanol–water partition coefficient (Wildman–Crippen LogP) is 3.55. The van der Waals surface area contributed by atoms with Gasteiger partial charge in [-0.25, -0.2) is 0 Å². The van der Waals surface area contributed by atoms with E-state index in [1.807, 2.05) is 0 Å². The molecule has 0 spiro atoms. The molecule has 102 valence electrons. The van der Waals surface area contributed by atoms with Crippen LogP contribution in [0.25, 0.3) is 0 Å². The summed E-state index contributed by atoms with van der Waals surface area (Å²) in [4.78, 5) is 0.842. The molecule has 3 nitrogen and oxygen atoms in total. The molecule has 0 atom stereocenters. The number of benzene rings is 1. The van der Waals surface area contributed by atoms with Crippen molar-refractivity contribution in [3.05, 3.63) is 18.2 Å². The number of alkyl halides is 3. The van der Waals surface area contributed by atoms with E-state index in [0.717, 1.165) is 4.90 Å². The topological polar surface area (TPSA) is 27.7 Å². The molecule has 0 saturated carbocycles. The molecule has 0 bridgehead atoms. The molecular formula is C10H11F3O3S2. The van der Waals surface area contributed by atoms with Crippen LogP contribution in [0.3, 0.4) is 0 Å². The highest BCUT2D eigenvalue weighted by Crippen LogP contribution is 2.33. The molecule has 0 amide bonds. The molecule has 8 heteroatoms. The molecular weight excluding hydrogens is 289 g/mol. The van der Waals surface area contributed by atoms with Crippen LogP contribution in [0.4, 0.5) is 13.2 Å². The lowest BCUT2D eigenvalue weighted by atomic mass is 10.3. The van der Waals surface area contributed by atoms with Crippen molar-refractivity contribution in [3.8, 4) is 11.5 Å². The van der Waals surface area contributed by atoms with Crippen molar-refractivity contribution >= 4 is 22.5 Å². The molecule has 0 aliphatic carbocycles. The molecule has 1 aromatic carbocycles. The Morgan fingerprint density at radius 2 is 1.94 bits per heavy atom. The maximum atomic E-state index is 11.7. The number of ether oxygens (including phenoxy) is 3. The van der Waals surface area contributed by atoms with Gasteiger partial charge in [-0.1, -0.05) is 10.8 Å². The van der Waals surface area contributed by atoms with Crippen LogP contribution in [0.15, 0.2) is 23.1 Å². The fraction of sp³-hybridized carbons (Fsp3) is 0.400. The minimum Gasteiger partial charge on any atom is -0.493 e. The average Bonchev–Trinajstić information content (AvgIpc) is 2.33. The van der Waals surface area contributed by atoms with Crippen LogP contribution in [-0.4, -0.2) is 26.7 Å². The van der Waals surface area contributed by atoms with E-state index in [-0.39, 0.29) is 6.61 Å². The summed E-state index contributed by atoms with van der Waals surface area (Å²) in [5, 5.41) is 0. The lowest BCUT2D eigenvalue weighted by molar-refractivity contribution is -0.325. The molecule has 0 saturated heterocycles. The first kappa shape index (κ1) is 15.3. The largest absolute Gasteiger partial charge is 0.522 e. The van der Waals surface area contributed by atoms with Crippen molar-refractivity contribution in [1.29, 1.82) is 0 Å². The monoisotopic (exact) mass is 300 g/mol. The summed E-state index contributed by atoms with van der Waals surface area (Å²) in [5.74, 6) is 0.787. The normalized spacial score (nSPS) is 11.4. The fourth-order valence-corrected chi connectivity index (χ4v) is 1.76. The summed E-state index contributed by atoms with van der Waals surface area (Å²) < 4.78 is 48.9.